The number of carbonyl (C=O) groups is 1. The maximum Gasteiger partial charge on any atom is 0.234 e. The summed E-state index contributed by atoms with van der Waals surface area (Å²) in [5, 5.41) is 15.7. The zero-order chi connectivity index (χ0) is 11.4. The van der Waals surface area contributed by atoms with Crippen molar-refractivity contribution in [1.29, 1.82) is 0 Å². The zero-order valence-corrected chi connectivity index (χ0v) is 9.50. The Hall–Kier alpha value is -0.650. The van der Waals surface area contributed by atoms with Crippen LogP contribution in [0, 0.1) is 5.92 Å². The minimum atomic E-state index is -0.855. The molecule has 0 spiro atoms. The van der Waals surface area contributed by atoms with Crippen LogP contribution in [-0.2, 0) is 9.53 Å². The summed E-state index contributed by atoms with van der Waals surface area (Å²) in [7, 11) is 0. The summed E-state index contributed by atoms with van der Waals surface area (Å²) in [5.74, 6) is 0.723. The molecule has 1 saturated carbocycles. The van der Waals surface area contributed by atoms with Crippen molar-refractivity contribution in [2.45, 2.75) is 24.9 Å². The van der Waals surface area contributed by atoms with Gasteiger partial charge in [-0.15, -0.1) is 0 Å². The summed E-state index contributed by atoms with van der Waals surface area (Å²) in [5.41, 5.74) is -0.855. The normalized spacial score (nSPS) is 29.3. The molecule has 2 fully saturated rings. The van der Waals surface area contributed by atoms with Gasteiger partial charge in [0.05, 0.1) is 13.2 Å². The summed E-state index contributed by atoms with van der Waals surface area (Å²) in [6.45, 7) is 2.46. The van der Waals surface area contributed by atoms with Gasteiger partial charge in [0.25, 0.3) is 0 Å². The molecule has 0 aromatic heterocycles. The average molecular weight is 228 g/mol. The summed E-state index contributed by atoms with van der Waals surface area (Å²) in [6, 6.07) is 0. The van der Waals surface area contributed by atoms with Crippen LogP contribution in [0.1, 0.15) is 19.3 Å². The summed E-state index contributed by atoms with van der Waals surface area (Å²) in [6.07, 6.45) is 3.17. The van der Waals surface area contributed by atoms with E-state index < -0.39 is 5.60 Å². The lowest BCUT2D eigenvalue weighted by Crippen LogP contribution is -2.45. The van der Waals surface area contributed by atoms with Crippen molar-refractivity contribution >= 4 is 5.91 Å². The lowest BCUT2D eigenvalue weighted by atomic mass is 10.0. The van der Waals surface area contributed by atoms with E-state index in [1.165, 1.54) is 12.8 Å². The largest absolute Gasteiger partial charge is 0.386 e. The van der Waals surface area contributed by atoms with Crippen LogP contribution in [0.4, 0.5) is 0 Å². The maximum atomic E-state index is 11.4. The van der Waals surface area contributed by atoms with Gasteiger partial charge in [0.2, 0.25) is 5.91 Å². The molecule has 0 aromatic rings. The van der Waals surface area contributed by atoms with Gasteiger partial charge in [0.15, 0.2) is 0 Å². The highest BCUT2D eigenvalue weighted by Gasteiger charge is 2.32. The third kappa shape index (κ3) is 3.73. The Kier molecular flexibility index (Phi) is 3.78. The lowest BCUT2D eigenvalue weighted by molar-refractivity contribution is -0.121. The van der Waals surface area contributed by atoms with E-state index in [1.807, 2.05) is 0 Å². The van der Waals surface area contributed by atoms with Gasteiger partial charge >= 0.3 is 0 Å². The van der Waals surface area contributed by atoms with Crippen LogP contribution in [-0.4, -0.2) is 49.5 Å². The van der Waals surface area contributed by atoms with Crippen LogP contribution in [0.3, 0.4) is 0 Å². The maximum absolute atomic E-state index is 11.4. The van der Waals surface area contributed by atoms with Crippen LogP contribution in [0.2, 0.25) is 0 Å². The topological polar surface area (TPSA) is 70.6 Å². The molecule has 0 radical (unpaired) electrons. The van der Waals surface area contributed by atoms with Crippen molar-refractivity contribution in [3.63, 3.8) is 0 Å². The molecule has 1 atom stereocenters. The van der Waals surface area contributed by atoms with Crippen LogP contribution in [0.15, 0.2) is 0 Å². The molecule has 0 aromatic carbocycles. The van der Waals surface area contributed by atoms with Gasteiger partial charge in [-0.1, -0.05) is 0 Å². The molecule has 1 amide bonds. The first kappa shape index (κ1) is 11.8. The van der Waals surface area contributed by atoms with E-state index in [4.69, 9.17) is 4.74 Å². The Bertz CT molecular complexity index is 248. The van der Waals surface area contributed by atoms with E-state index >= 15 is 0 Å². The fraction of sp³-hybridized carbons (Fsp3) is 0.909. The van der Waals surface area contributed by atoms with Gasteiger partial charge in [-0.05, 0) is 25.3 Å². The molecule has 0 bridgehead atoms. The number of nitrogens with one attached hydrogen (secondary N) is 2. The van der Waals surface area contributed by atoms with Crippen molar-refractivity contribution in [3.8, 4) is 0 Å². The van der Waals surface area contributed by atoms with Gasteiger partial charge in [-0.2, -0.15) is 0 Å². The molecule has 5 heteroatoms. The first-order valence-corrected chi connectivity index (χ1v) is 5.95. The third-order valence-electron chi connectivity index (χ3n) is 3.11. The van der Waals surface area contributed by atoms with Crippen molar-refractivity contribution in [2.75, 3.05) is 32.8 Å². The quantitative estimate of drug-likeness (QED) is 0.559. The fourth-order valence-corrected chi connectivity index (χ4v) is 1.77. The summed E-state index contributed by atoms with van der Waals surface area (Å²) >= 11 is 0. The summed E-state index contributed by atoms with van der Waals surface area (Å²) < 4.78 is 5.10. The smallest absolute Gasteiger partial charge is 0.234 e. The number of hydrogen-bond donors (Lipinski definition) is 3. The van der Waals surface area contributed by atoms with Gasteiger partial charge in [0, 0.05) is 19.6 Å². The van der Waals surface area contributed by atoms with Crippen molar-refractivity contribution < 1.29 is 14.6 Å². The van der Waals surface area contributed by atoms with Gasteiger partial charge in [-0.25, -0.2) is 0 Å². The second-order valence-corrected chi connectivity index (χ2v) is 4.88. The molecule has 92 valence electrons. The minimum absolute atomic E-state index is 0.0547. The molecule has 2 rings (SSSR count). The van der Waals surface area contributed by atoms with Gasteiger partial charge < -0.3 is 20.5 Å². The Morgan fingerprint density at radius 3 is 2.94 bits per heavy atom. The molecule has 5 nitrogen and oxygen atoms in total. The fourth-order valence-electron chi connectivity index (χ4n) is 1.77. The highest BCUT2D eigenvalue weighted by molar-refractivity contribution is 5.78. The van der Waals surface area contributed by atoms with Gasteiger partial charge in [0.1, 0.15) is 5.60 Å². The Balaban J connectivity index is 1.55. The van der Waals surface area contributed by atoms with Crippen LogP contribution in [0.5, 0.6) is 0 Å². The van der Waals surface area contributed by atoms with Crippen LogP contribution in [0.25, 0.3) is 0 Å². The second-order valence-electron chi connectivity index (χ2n) is 4.88. The molecule has 1 aliphatic carbocycles. The average Bonchev–Trinajstić information content (AvgIpc) is 2.98. The monoisotopic (exact) mass is 228 g/mol. The molecule has 1 saturated heterocycles. The minimum Gasteiger partial charge on any atom is -0.386 e. The van der Waals surface area contributed by atoms with Crippen LogP contribution >= 0.6 is 0 Å². The Morgan fingerprint density at radius 1 is 1.50 bits per heavy atom. The van der Waals surface area contributed by atoms with E-state index in [-0.39, 0.29) is 12.5 Å². The van der Waals surface area contributed by atoms with E-state index in [9.17, 15) is 9.90 Å². The van der Waals surface area contributed by atoms with Crippen molar-refractivity contribution in [3.05, 3.63) is 0 Å². The molecule has 16 heavy (non-hydrogen) atoms. The first-order valence-electron chi connectivity index (χ1n) is 5.95. The van der Waals surface area contributed by atoms with E-state index in [1.54, 1.807) is 0 Å². The molecule has 1 unspecified atom stereocenters. The van der Waals surface area contributed by atoms with E-state index in [0.717, 1.165) is 12.5 Å². The SMILES string of the molecule is O=C(CNCC1CC1)NCC1(O)CCOC1. The molecule has 3 N–H and O–H groups in total. The number of aliphatic hydroxyl groups is 1. The van der Waals surface area contributed by atoms with E-state index in [0.29, 0.717) is 26.2 Å². The van der Waals surface area contributed by atoms with Crippen LogP contribution < -0.4 is 10.6 Å². The van der Waals surface area contributed by atoms with Gasteiger partial charge in [-0.3, -0.25) is 4.79 Å². The number of rotatable bonds is 6. The number of carbonyl (C=O) groups excluding carboxylic acids is 1. The lowest BCUT2D eigenvalue weighted by Gasteiger charge is -2.20. The Labute approximate surface area is 95.5 Å². The standard InChI is InChI=1S/C11H20N2O3/c14-10(6-12-5-9-1-2-9)13-7-11(15)3-4-16-8-11/h9,12,15H,1-8H2,(H,13,14). The Morgan fingerprint density at radius 2 is 2.31 bits per heavy atom. The van der Waals surface area contributed by atoms with Crippen molar-refractivity contribution in [2.24, 2.45) is 5.92 Å². The number of ether oxygens (including phenoxy) is 1. The molecular formula is C11H20N2O3. The highest BCUT2D eigenvalue weighted by atomic mass is 16.5. The highest BCUT2D eigenvalue weighted by Crippen LogP contribution is 2.27. The van der Waals surface area contributed by atoms with E-state index in [2.05, 4.69) is 10.6 Å². The zero-order valence-electron chi connectivity index (χ0n) is 9.50. The molecule has 1 aliphatic heterocycles. The first-order chi connectivity index (χ1) is 7.68. The van der Waals surface area contributed by atoms with Crippen molar-refractivity contribution in [1.82, 2.24) is 10.6 Å². The predicted molar refractivity (Wildman–Crippen MR) is 59.0 cm³/mol. The molecule has 2 aliphatic rings. The number of hydrogen-bond acceptors (Lipinski definition) is 4. The second kappa shape index (κ2) is 5.12. The summed E-state index contributed by atoms with van der Waals surface area (Å²) in [4.78, 5) is 11.4. The third-order valence-corrected chi connectivity index (χ3v) is 3.11. The predicted octanol–water partition coefficient (Wildman–Crippen LogP) is -0.746. The molecule has 1 heterocycles. The number of amides is 1. The molecular weight excluding hydrogens is 208 g/mol.